The Morgan fingerprint density at radius 3 is 2.78 bits per heavy atom. The number of alkyl halides is 2. The van der Waals surface area contributed by atoms with Crippen molar-refractivity contribution < 1.29 is 27.4 Å². The van der Waals surface area contributed by atoms with Gasteiger partial charge in [-0.1, -0.05) is 11.6 Å². The number of fused-ring (bicyclic) bond motifs is 2. The molecule has 3 aromatic rings. The van der Waals surface area contributed by atoms with Gasteiger partial charge >= 0.3 is 12.6 Å². The Labute approximate surface area is 209 Å². The van der Waals surface area contributed by atoms with Crippen LogP contribution in [-0.2, 0) is 13.0 Å². The minimum atomic E-state index is -3.02. The SMILES string of the molecule is O=C1Nc2cc(OC(F)F)nc(C3CC3)c2CN1c1cc2c(cc1Cl)CC[C@H](c1ncccc1F)O2. The van der Waals surface area contributed by atoms with Crippen molar-refractivity contribution in [1.29, 1.82) is 0 Å². The topological polar surface area (TPSA) is 76.6 Å². The number of benzene rings is 1. The molecule has 1 atom stereocenters. The number of hydrogen-bond acceptors (Lipinski definition) is 5. The molecule has 7 nitrogen and oxygen atoms in total. The van der Waals surface area contributed by atoms with E-state index in [9.17, 15) is 18.0 Å². The summed E-state index contributed by atoms with van der Waals surface area (Å²) >= 11 is 6.59. The molecule has 6 rings (SSSR count). The van der Waals surface area contributed by atoms with Crippen LogP contribution in [0.15, 0.2) is 36.5 Å². The number of pyridine rings is 2. The van der Waals surface area contributed by atoms with Crippen LogP contribution in [0.25, 0.3) is 0 Å². The Kier molecular flexibility index (Phi) is 5.63. The fourth-order valence-corrected chi connectivity index (χ4v) is 5.01. The van der Waals surface area contributed by atoms with E-state index in [1.165, 1.54) is 29.3 Å². The number of nitrogens with zero attached hydrogens (tertiary/aromatic N) is 3. The van der Waals surface area contributed by atoms with Crippen molar-refractivity contribution in [3.05, 3.63) is 69.9 Å². The van der Waals surface area contributed by atoms with Crippen LogP contribution in [0.2, 0.25) is 5.02 Å². The van der Waals surface area contributed by atoms with Gasteiger partial charge in [-0.15, -0.1) is 0 Å². The molecule has 4 heterocycles. The van der Waals surface area contributed by atoms with Crippen molar-refractivity contribution in [3.63, 3.8) is 0 Å². The van der Waals surface area contributed by atoms with E-state index in [1.54, 1.807) is 12.1 Å². The molecule has 2 aromatic heterocycles. The molecule has 0 saturated heterocycles. The molecule has 1 saturated carbocycles. The maximum atomic E-state index is 14.3. The molecule has 1 aliphatic carbocycles. The minimum Gasteiger partial charge on any atom is -0.484 e. The molecule has 0 radical (unpaired) electrons. The van der Waals surface area contributed by atoms with Gasteiger partial charge in [0.05, 0.1) is 28.6 Å². The highest BCUT2D eigenvalue weighted by Gasteiger charge is 2.36. The summed E-state index contributed by atoms with van der Waals surface area (Å²) in [4.78, 5) is 23.0. The smallest absolute Gasteiger partial charge is 0.388 e. The molecule has 2 aliphatic heterocycles. The molecule has 1 N–H and O–H groups in total. The molecule has 36 heavy (non-hydrogen) atoms. The van der Waals surface area contributed by atoms with Gasteiger partial charge in [0.25, 0.3) is 0 Å². The number of hydrogen-bond donors (Lipinski definition) is 1. The van der Waals surface area contributed by atoms with Crippen molar-refractivity contribution in [2.45, 2.75) is 50.9 Å². The number of nitrogens with one attached hydrogen (secondary N) is 1. The van der Waals surface area contributed by atoms with E-state index in [0.29, 0.717) is 40.7 Å². The normalized spacial score (nSPS) is 18.9. The first-order chi connectivity index (χ1) is 17.4. The number of ether oxygens (including phenoxy) is 2. The summed E-state index contributed by atoms with van der Waals surface area (Å²) in [6.07, 6.45) is 3.85. The second-order valence-corrected chi connectivity index (χ2v) is 9.38. The molecule has 1 fully saturated rings. The van der Waals surface area contributed by atoms with E-state index in [0.717, 1.165) is 24.0 Å². The summed E-state index contributed by atoms with van der Waals surface area (Å²) in [5.41, 5.74) is 3.23. The van der Waals surface area contributed by atoms with Crippen LogP contribution in [0.1, 0.15) is 53.8 Å². The number of aryl methyl sites for hydroxylation is 1. The van der Waals surface area contributed by atoms with Gasteiger partial charge in [-0.3, -0.25) is 9.88 Å². The van der Waals surface area contributed by atoms with Gasteiger partial charge in [0.15, 0.2) is 0 Å². The summed E-state index contributed by atoms with van der Waals surface area (Å²) in [5.74, 6) is -0.0569. The van der Waals surface area contributed by atoms with Crippen LogP contribution in [0.3, 0.4) is 0 Å². The van der Waals surface area contributed by atoms with E-state index in [2.05, 4.69) is 20.0 Å². The number of aromatic nitrogens is 2. The lowest BCUT2D eigenvalue weighted by molar-refractivity contribution is -0.0529. The number of amides is 2. The fourth-order valence-electron chi connectivity index (χ4n) is 4.72. The standard InChI is InChI=1S/C25H20ClF3N4O3/c26-15-8-13-5-6-19(23-16(27)2-1-7-30-23)35-20(13)10-18(15)33-11-14-17(31-25(33)34)9-21(36-24(28)29)32-22(14)12-3-4-12/h1-2,7-10,12,19,24H,3-6,11H2,(H,31,34)/t19-/m1/s1. The van der Waals surface area contributed by atoms with Crippen molar-refractivity contribution in [1.82, 2.24) is 9.97 Å². The van der Waals surface area contributed by atoms with Crippen LogP contribution in [-0.4, -0.2) is 22.6 Å². The number of halogens is 4. The summed E-state index contributed by atoms with van der Waals surface area (Å²) in [6, 6.07) is 7.11. The van der Waals surface area contributed by atoms with Crippen molar-refractivity contribution >= 4 is 29.0 Å². The van der Waals surface area contributed by atoms with E-state index in [1.807, 2.05) is 0 Å². The molecule has 2 amide bonds. The van der Waals surface area contributed by atoms with Gasteiger partial charge in [-0.2, -0.15) is 8.78 Å². The molecular formula is C25H20ClF3N4O3. The lowest BCUT2D eigenvalue weighted by Gasteiger charge is -2.33. The Hall–Kier alpha value is -3.53. The number of anilines is 2. The van der Waals surface area contributed by atoms with Gasteiger partial charge in [-0.05, 0) is 49.4 Å². The average Bonchev–Trinajstić information content (AvgIpc) is 3.68. The van der Waals surface area contributed by atoms with Crippen LogP contribution in [0, 0.1) is 5.82 Å². The lowest BCUT2D eigenvalue weighted by atomic mass is 9.99. The number of urea groups is 1. The third-order valence-electron chi connectivity index (χ3n) is 6.57. The molecule has 0 bridgehead atoms. The number of carbonyl (C=O) groups excluding carboxylic acids is 1. The maximum Gasteiger partial charge on any atom is 0.388 e. The summed E-state index contributed by atoms with van der Waals surface area (Å²) in [6.45, 7) is -2.87. The second-order valence-electron chi connectivity index (χ2n) is 8.97. The molecule has 3 aliphatic rings. The Morgan fingerprint density at radius 1 is 1.19 bits per heavy atom. The highest BCUT2D eigenvalue weighted by molar-refractivity contribution is 6.34. The van der Waals surface area contributed by atoms with E-state index >= 15 is 0 Å². The van der Waals surface area contributed by atoms with Crippen LogP contribution in [0.5, 0.6) is 11.6 Å². The molecule has 186 valence electrons. The maximum absolute atomic E-state index is 14.3. The van der Waals surface area contributed by atoms with E-state index < -0.39 is 24.6 Å². The zero-order valence-electron chi connectivity index (χ0n) is 18.8. The van der Waals surface area contributed by atoms with Crippen molar-refractivity contribution in [2.24, 2.45) is 0 Å². The third-order valence-corrected chi connectivity index (χ3v) is 6.87. The highest BCUT2D eigenvalue weighted by Crippen LogP contribution is 2.46. The largest absolute Gasteiger partial charge is 0.484 e. The van der Waals surface area contributed by atoms with Crippen molar-refractivity contribution in [3.8, 4) is 11.6 Å². The first-order valence-electron chi connectivity index (χ1n) is 11.5. The van der Waals surface area contributed by atoms with Gasteiger partial charge in [0, 0.05) is 29.8 Å². The predicted molar refractivity (Wildman–Crippen MR) is 125 cm³/mol. The molecule has 0 spiro atoms. The molecule has 1 aromatic carbocycles. The molecule has 0 unspecified atom stereocenters. The Balaban J connectivity index is 1.33. The zero-order valence-corrected chi connectivity index (χ0v) is 19.6. The highest BCUT2D eigenvalue weighted by atomic mass is 35.5. The van der Waals surface area contributed by atoms with Crippen LogP contribution in [0.4, 0.5) is 29.3 Å². The quantitative estimate of drug-likeness (QED) is 0.426. The van der Waals surface area contributed by atoms with Crippen molar-refractivity contribution in [2.75, 3.05) is 10.2 Å². The third kappa shape index (κ3) is 4.19. The molecular weight excluding hydrogens is 497 g/mol. The van der Waals surface area contributed by atoms with Crippen LogP contribution >= 0.6 is 11.6 Å². The second kappa shape index (κ2) is 8.85. The Morgan fingerprint density at radius 2 is 2.03 bits per heavy atom. The van der Waals surface area contributed by atoms with Gasteiger partial charge in [0.2, 0.25) is 5.88 Å². The summed E-state index contributed by atoms with van der Waals surface area (Å²) in [7, 11) is 0. The number of rotatable bonds is 5. The van der Waals surface area contributed by atoms with E-state index in [4.69, 9.17) is 16.3 Å². The lowest BCUT2D eigenvalue weighted by Crippen LogP contribution is -2.39. The first-order valence-corrected chi connectivity index (χ1v) is 11.9. The molecule has 11 heteroatoms. The zero-order chi connectivity index (χ0) is 25.0. The monoisotopic (exact) mass is 516 g/mol. The van der Waals surface area contributed by atoms with Gasteiger partial charge in [0.1, 0.15) is 23.4 Å². The number of carbonyl (C=O) groups is 1. The average molecular weight is 517 g/mol. The minimum absolute atomic E-state index is 0.119. The van der Waals surface area contributed by atoms with Gasteiger partial charge in [-0.25, -0.2) is 14.2 Å². The Bertz CT molecular complexity index is 1370. The fraction of sp³-hybridized carbons (Fsp3) is 0.320. The van der Waals surface area contributed by atoms with Gasteiger partial charge < -0.3 is 14.8 Å². The van der Waals surface area contributed by atoms with E-state index in [-0.39, 0.29) is 24.0 Å². The van der Waals surface area contributed by atoms with Crippen LogP contribution < -0.4 is 19.7 Å². The summed E-state index contributed by atoms with van der Waals surface area (Å²) < 4.78 is 50.5. The summed E-state index contributed by atoms with van der Waals surface area (Å²) in [5, 5.41) is 3.12. The predicted octanol–water partition coefficient (Wildman–Crippen LogP) is 6.37. The first kappa shape index (κ1) is 22.9.